The van der Waals surface area contributed by atoms with Crippen molar-refractivity contribution in [2.75, 3.05) is 12.3 Å². The highest BCUT2D eigenvalue weighted by atomic mass is 16.2. The van der Waals surface area contributed by atoms with Gasteiger partial charge in [0.25, 0.3) is 5.91 Å². The van der Waals surface area contributed by atoms with Crippen molar-refractivity contribution in [2.45, 2.75) is 52.0 Å². The summed E-state index contributed by atoms with van der Waals surface area (Å²) in [5.74, 6) is 0.922. The number of hydrogen-bond acceptors (Lipinski definition) is 4. The smallest absolute Gasteiger partial charge is 0.274 e. The van der Waals surface area contributed by atoms with Crippen molar-refractivity contribution in [1.82, 2.24) is 15.1 Å². The average molecular weight is 276 g/mol. The summed E-state index contributed by atoms with van der Waals surface area (Å²) in [6.45, 7) is 5.16. The Hall–Kier alpha value is -1.65. The molecule has 5 heteroatoms. The Balaban J connectivity index is 2.11. The van der Waals surface area contributed by atoms with Crippen LogP contribution in [-0.4, -0.2) is 33.6 Å². The van der Waals surface area contributed by atoms with Crippen molar-refractivity contribution in [3.63, 3.8) is 0 Å². The molecule has 1 amide bonds. The van der Waals surface area contributed by atoms with Crippen LogP contribution in [-0.2, 0) is 0 Å². The summed E-state index contributed by atoms with van der Waals surface area (Å²) in [4.78, 5) is 14.6. The van der Waals surface area contributed by atoms with Crippen LogP contribution in [0.1, 0.15) is 56.4 Å². The van der Waals surface area contributed by atoms with Gasteiger partial charge in [-0.1, -0.05) is 26.7 Å². The topological polar surface area (TPSA) is 72.1 Å². The standard InChI is InChI=1S/C15H24N4O/c1-11(2)9-10-19(12-5-3-4-6-12)15(20)13-7-8-14(16)18-17-13/h7-8,11-12H,3-6,9-10H2,1-2H3,(H2,16,18). The number of nitrogens with zero attached hydrogens (tertiary/aromatic N) is 3. The van der Waals surface area contributed by atoms with Crippen LogP contribution in [0.5, 0.6) is 0 Å². The van der Waals surface area contributed by atoms with Crippen molar-refractivity contribution in [1.29, 1.82) is 0 Å². The Kier molecular flexibility index (Phi) is 4.93. The van der Waals surface area contributed by atoms with Crippen LogP contribution in [0.2, 0.25) is 0 Å². The number of carbonyl (C=O) groups excluding carboxylic acids is 1. The van der Waals surface area contributed by atoms with Crippen LogP contribution in [0.3, 0.4) is 0 Å². The number of nitrogens with two attached hydrogens (primary N) is 1. The third-order valence-corrected chi connectivity index (χ3v) is 3.88. The van der Waals surface area contributed by atoms with Crippen molar-refractivity contribution in [3.8, 4) is 0 Å². The zero-order chi connectivity index (χ0) is 14.5. The fourth-order valence-electron chi connectivity index (χ4n) is 2.67. The first kappa shape index (κ1) is 14.8. The van der Waals surface area contributed by atoms with Gasteiger partial charge >= 0.3 is 0 Å². The number of nitrogen functional groups attached to an aromatic ring is 1. The summed E-state index contributed by atoms with van der Waals surface area (Å²) >= 11 is 0. The van der Waals surface area contributed by atoms with Crippen molar-refractivity contribution >= 4 is 11.7 Å². The van der Waals surface area contributed by atoms with E-state index in [0.29, 0.717) is 23.5 Å². The zero-order valence-electron chi connectivity index (χ0n) is 12.4. The van der Waals surface area contributed by atoms with Gasteiger partial charge in [-0.2, -0.15) is 0 Å². The average Bonchev–Trinajstić information content (AvgIpc) is 2.93. The first-order valence-corrected chi connectivity index (χ1v) is 7.48. The molecule has 0 spiro atoms. The summed E-state index contributed by atoms with van der Waals surface area (Å²) in [5, 5.41) is 7.72. The maximum atomic E-state index is 12.6. The van der Waals surface area contributed by atoms with Gasteiger partial charge in [0.05, 0.1) is 0 Å². The van der Waals surface area contributed by atoms with Crippen molar-refractivity contribution in [2.24, 2.45) is 5.92 Å². The molecule has 1 saturated carbocycles. The number of amides is 1. The molecule has 0 saturated heterocycles. The lowest BCUT2D eigenvalue weighted by atomic mass is 10.1. The molecule has 0 atom stereocenters. The normalized spacial score (nSPS) is 15.8. The molecule has 2 N–H and O–H groups in total. The number of rotatable bonds is 5. The van der Waals surface area contributed by atoms with Gasteiger partial charge in [0, 0.05) is 12.6 Å². The predicted molar refractivity (Wildman–Crippen MR) is 79.2 cm³/mol. The Labute approximate surface area is 120 Å². The second-order valence-corrected chi connectivity index (χ2v) is 5.96. The molecule has 0 aliphatic heterocycles. The maximum Gasteiger partial charge on any atom is 0.274 e. The third-order valence-electron chi connectivity index (χ3n) is 3.88. The van der Waals surface area contributed by atoms with E-state index < -0.39 is 0 Å². The molecular formula is C15H24N4O. The van der Waals surface area contributed by atoms with Gasteiger partial charge in [0.1, 0.15) is 5.82 Å². The lowest BCUT2D eigenvalue weighted by Crippen LogP contribution is -2.40. The molecule has 1 fully saturated rings. The zero-order valence-corrected chi connectivity index (χ0v) is 12.4. The molecular weight excluding hydrogens is 252 g/mol. The van der Waals surface area contributed by atoms with Crippen molar-refractivity contribution < 1.29 is 4.79 Å². The number of hydrogen-bond donors (Lipinski definition) is 1. The van der Waals surface area contributed by atoms with E-state index in [2.05, 4.69) is 24.0 Å². The fraction of sp³-hybridized carbons (Fsp3) is 0.667. The molecule has 0 bridgehead atoms. The predicted octanol–water partition coefficient (Wildman–Crippen LogP) is 2.49. The number of aromatic nitrogens is 2. The molecule has 0 radical (unpaired) electrons. The van der Waals surface area contributed by atoms with E-state index in [9.17, 15) is 4.79 Å². The minimum Gasteiger partial charge on any atom is -0.382 e. The van der Waals surface area contributed by atoms with Gasteiger partial charge in [-0.25, -0.2) is 0 Å². The van der Waals surface area contributed by atoms with Gasteiger partial charge in [0.15, 0.2) is 5.69 Å². The second-order valence-electron chi connectivity index (χ2n) is 5.96. The van der Waals surface area contributed by atoms with Crippen molar-refractivity contribution in [3.05, 3.63) is 17.8 Å². The number of carbonyl (C=O) groups is 1. The van der Waals surface area contributed by atoms with Gasteiger partial charge in [-0.05, 0) is 37.3 Å². The van der Waals surface area contributed by atoms with E-state index in [0.717, 1.165) is 25.8 Å². The minimum absolute atomic E-state index is 0.00921. The van der Waals surface area contributed by atoms with Crippen LogP contribution >= 0.6 is 0 Å². The molecule has 5 nitrogen and oxygen atoms in total. The van der Waals surface area contributed by atoms with Crippen LogP contribution in [0.15, 0.2) is 12.1 Å². The van der Waals surface area contributed by atoms with Crippen LogP contribution in [0, 0.1) is 5.92 Å². The fourth-order valence-corrected chi connectivity index (χ4v) is 2.67. The van der Waals surface area contributed by atoms with E-state index in [-0.39, 0.29) is 5.91 Å². The monoisotopic (exact) mass is 276 g/mol. The largest absolute Gasteiger partial charge is 0.382 e. The lowest BCUT2D eigenvalue weighted by Gasteiger charge is -2.29. The van der Waals surface area contributed by atoms with E-state index in [4.69, 9.17) is 5.73 Å². The van der Waals surface area contributed by atoms with Crippen LogP contribution in [0.25, 0.3) is 0 Å². The van der Waals surface area contributed by atoms with E-state index in [1.54, 1.807) is 12.1 Å². The van der Waals surface area contributed by atoms with Crippen LogP contribution < -0.4 is 5.73 Å². The lowest BCUT2D eigenvalue weighted by molar-refractivity contribution is 0.0664. The maximum absolute atomic E-state index is 12.6. The summed E-state index contributed by atoms with van der Waals surface area (Å²) < 4.78 is 0. The molecule has 110 valence electrons. The molecule has 1 aliphatic carbocycles. The Bertz CT molecular complexity index is 438. The highest BCUT2D eigenvalue weighted by Crippen LogP contribution is 2.25. The summed E-state index contributed by atoms with van der Waals surface area (Å²) in [6.07, 6.45) is 5.65. The molecule has 20 heavy (non-hydrogen) atoms. The Morgan fingerprint density at radius 2 is 2.05 bits per heavy atom. The first-order chi connectivity index (χ1) is 9.58. The summed E-state index contributed by atoms with van der Waals surface area (Å²) in [7, 11) is 0. The SMILES string of the molecule is CC(C)CCN(C(=O)c1ccc(N)nn1)C1CCCC1. The third kappa shape index (κ3) is 3.68. The van der Waals surface area contributed by atoms with Gasteiger partial charge in [-0.3, -0.25) is 4.79 Å². The first-order valence-electron chi connectivity index (χ1n) is 7.48. The van der Waals surface area contributed by atoms with E-state index in [1.165, 1.54) is 12.8 Å². The molecule has 0 unspecified atom stereocenters. The second kappa shape index (κ2) is 6.68. The molecule has 0 aromatic carbocycles. The van der Waals surface area contributed by atoms with Gasteiger partial charge in [0.2, 0.25) is 0 Å². The summed E-state index contributed by atoms with van der Waals surface area (Å²) in [6, 6.07) is 3.66. The molecule has 1 aromatic rings. The van der Waals surface area contributed by atoms with Gasteiger partial charge < -0.3 is 10.6 Å². The minimum atomic E-state index is -0.00921. The highest BCUT2D eigenvalue weighted by molar-refractivity contribution is 5.92. The molecule has 1 aliphatic rings. The molecule has 2 rings (SSSR count). The molecule has 1 aromatic heterocycles. The Morgan fingerprint density at radius 1 is 1.35 bits per heavy atom. The van der Waals surface area contributed by atoms with E-state index in [1.807, 2.05) is 4.90 Å². The van der Waals surface area contributed by atoms with Crippen LogP contribution in [0.4, 0.5) is 5.82 Å². The highest BCUT2D eigenvalue weighted by Gasteiger charge is 2.28. The Morgan fingerprint density at radius 3 is 2.60 bits per heavy atom. The summed E-state index contributed by atoms with van der Waals surface area (Å²) in [5.41, 5.74) is 5.92. The number of anilines is 1. The van der Waals surface area contributed by atoms with Gasteiger partial charge in [-0.15, -0.1) is 10.2 Å². The molecule has 1 heterocycles. The quantitative estimate of drug-likeness (QED) is 0.896. The van der Waals surface area contributed by atoms with E-state index >= 15 is 0 Å².